The number of rotatable bonds is 4. The van der Waals surface area contributed by atoms with Crippen molar-refractivity contribution in [3.63, 3.8) is 0 Å². The van der Waals surface area contributed by atoms with Gasteiger partial charge in [0.05, 0.1) is 32.2 Å². The Kier molecular flexibility index (Phi) is 7.19. The van der Waals surface area contributed by atoms with Crippen molar-refractivity contribution < 1.29 is 47.8 Å². The van der Waals surface area contributed by atoms with Gasteiger partial charge in [-0.15, -0.1) is 0 Å². The molecule has 1 aromatic carbocycles. The van der Waals surface area contributed by atoms with Gasteiger partial charge in [0.15, 0.2) is 17.3 Å². The van der Waals surface area contributed by atoms with Crippen LogP contribution in [0, 0.1) is 0 Å². The second-order valence-electron chi connectivity index (χ2n) is 10.6. The molecular weight excluding hydrogens is 589 g/mol. The summed E-state index contributed by atoms with van der Waals surface area (Å²) in [5.74, 6) is 0.155. The summed E-state index contributed by atoms with van der Waals surface area (Å²) in [6.45, 7) is 1.63. The van der Waals surface area contributed by atoms with Gasteiger partial charge in [-0.3, -0.25) is 4.57 Å². The highest BCUT2D eigenvalue weighted by atomic mass is 19.4. The molecule has 1 unspecified atom stereocenters. The molecule has 6 rings (SSSR count). The average molecular weight is 617 g/mol. The lowest BCUT2D eigenvalue weighted by atomic mass is 9.89. The Bertz CT molecular complexity index is 1720. The van der Waals surface area contributed by atoms with E-state index in [-0.39, 0.29) is 69.9 Å². The molecule has 16 heteroatoms. The first-order valence-electron chi connectivity index (χ1n) is 13.5. The highest BCUT2D eigenvalue weighted by Gasteiger charge is 2.40. The van der Waals surface area contributed by atoms with Crippen molar-refractivity contribution >= 4 is 0 Å². The maximum atomic E-state index is 13.5. The summed E-state index contributed by atoms with van der Waals surface area (Å²) in [6.07, 6.45) is -3.40. The minimum atomic E-state index is -4.96. The van der Waals surface area contributed by atoms with Crippen LogP contribution < -0.4 is 14.2 Å². The van der Waals surface area contributed by atoms with Crippen LogP contribution in [0.15, 0.2) is 36.9 Å². The van der Waals surface area contributed by atoms with Crippen LogP contribution in [0.5, 0.6) is 17.4 Å². The van der Waals surface area contributed by atoms with Gasteiger partial charge < -0.3 is 34.6 Å². The molecule has 1 atom stereocenters. The summed E-state index contributed by atoms with van der Waals surface area (Å²) < 4.78 is 58.0. The number of nitrogens with zero attached hydrogens (tertiary/aromatic N) is 6. The van der Waals surface area contributed by atoms with Gasteiger partial charge in [-0.1, -0.05) is 12.1 Å². The van der Waals surface area contributed by atoms with Crippen molar-refractivity contribution in [3.05, 3.63) is 59.6 Å². The third-order valence-electron chi connectivity index (χ3n) is 7.33. The fraction of sp³-hybridized carbons (Fsp3) is 0.393. The van der Waals surface area contributed by atoms with E-state index in [1.807, 2.05) is 0 Å². The van der Waals surface area contributed by atoms with Crippen LogP contribution in [0.1, 0.15) is 54.7 Å². The molecule has 1 fully saturated rings. The summed E-state index contributed by atoms with van der Waals surface area (Å²) in [7, 11) is 1.38. The largest absolute Gasteiger partial charge is 0.493 e. The smallest absolute Gasteiger partial charge is 0.434 e. The van der Waals surface area contributed by atoms with E-state index in [1.54, 1.807) is 0 Å². The lowest BCUT2D eigenvalue weighted by Crippen LogP contribution is -2.32. The van der Waals surface area contributed by atoms with E-state index >= 15 is 0 Å². The summed E-state index contributed by atoms with van der Waals surface area (Å²) in [5, 5.41) is 41.4. The molecule has 4 heterocycles. The predicted octanol–water partition coefficient (Wildman–Crippen LogP) is 2.66. The lowest BCUT2D eigenvalue weighted by Gasteiger charge is -2.28. The standard InChI is InChI=1S/C28H27F3N6O7/c1-26(38)16-7-6-15(24-35-19(27(29,30)31)12-37(24)28(39,40)41)10-17(16)43-8-3-9-44-25-20(21(14-4-5-14)33-13-34-25)23-32-11-18(42-2)22(26)36-23/h6-7,10-14,38-41H,3-5,8-9H2,1-2H3. The topological polar surface area (TPSA) is 178 Å². The molecule has 1 saturated carbocycles. The van der Waals surface area contributed by atoms with Gasteiger partial charge in [0.1, 0.15) is 34.8 Å². The molecule has 4 aromatic rings. The molecule has 2 aliphatic rings. The van der Waals surface area contributed by atoms with Crippen LogP contribution in [0.25, 0.3) is 22.8 Å². The first kappa shape index (κ1) is 29.7. The third-order valence-corrected chi connectivity index (χ3v) is 7.33. The van der Waals surface area contributed by atoms with Crippen LogP contribution in [-0.4, -0.2) is 70.2 Å². The van der Waals surface area contributed by atoms with Gasteiger partial charge in [0.25, 0.3) is 0 Å². The van der Waals surface area contributed by atoms with Gasteiger partial charge in [0, 0.05) is 29.7 Å². The van der Waals surface area contributed by atoms with Gasteiger partial charge in [-0.25, -0.2) is 24.9 Å². The van der Waals surface area contributed by atoms with Crippen LogP contribution in [0.4, 0.5) is 13.2 Å². The van der Waals surface area contributed by atoms with Crippen molar-refractivity contribution in [1.82, 2.24) is 29.5 Å². The number of methoxy groups -OCH3 is 1. The zero-order chi connectivity index (χ0) is 31.4. The Hall–Kier alpha value is -4.38. The number of hydrogen-bond donors (Lipinski definition) is 4. The van der Waals surface area contributed by atoms with Crippen molar-refractivity contribution in [2.45, 2.75) is 50.0 Å². The van der Waals surface area contributed by atoms with Crippen LogP contribution in [0.3, 0.4) is 0 Å². The number of hydrogen-bond acceptors (Lipinski definition) is 12. The Morgan fingerprint density at radius 2 is 1.80 bits per heavy atom. The Morgan fingerprint density at radius 3 is 2.48 bits per heavy atom. The van der Waals surface area contributed by atoms with E-state index in [0.717, 1.165) is 18.5 Å². The van der Waals surface area contributed by atoms with Crippen molar-refractivity contribution in [3.8, 4) is 40.2 Å². The molecule has 0 radical (unpaired) electrons. The zero-order valence-electron chi connectivity index (χ0n) is 23.4. The number of benzene rings is 1. The summed E-state index contributed by atoms with van der Waals surface area (Å²) in [6, 6.07) is 3.91. The highest BCUT2D eigenvalue weighted by molar-refractivity contribution is 5.67. The normalized spacial score (nSPS) is 18.9. The van der Waals surface area contributed by atoms with Crippen LogP contribution >= 0.6 is 0 Å². The Balaban J connectivity index is 1.52. The molecule has 2 bridgehead atoms. The molecule has 4 N–H and O–H groups in total. The van der Waals surface area contributed by atoms with E-state index in [1.165, 1.54) is 44.8 Å². The summed E-state index contributed by atoms with van der Waals surface area (Å²) >= 11 is 0. The van der Waals surface area contributed by atoms with Crippen molar-refractivity contribution in [1.29, 1.82) is 0 Å². The van der Waals surface area contributed by atoms with Gasteiger partial charge in [-0.05, 0) is 25.8 Å². The number of aromatic nitrogens is 6. The monoisotopic (exact) mass is 616 g/mol. The Morgan fingerprint density at radius 1 is 1.05 bits per heavy atom. The maximum absolute atomic E-state index is 13.5. The second-order valence-corrected chi connectivity index (χ2v) is 10.6. The van der Waals surface area contributed by atoms with Crippen molar-refractivity contribution in [2.75, 3.05) is 20.3 Å². The van der Waals surface area contributed by atoms with Crippen LogP contribution in [-0.2, 0) is 17.9 Å². The van der Waals surface area contributed by atoms with Gasteiger partial charge in [-0.2, -0.15) is 13.2 Å². The summed E-state index contributed by atoms with van der Waals surface area (Å²) in [5.41, 5.74) is -2.09. The van der Waals surface area contributed by atoms with E-state index in [4.69, 9.17) is 14.2 Å². The molecule has 0 amide bonds. The van der Waals surface area contributed by atoms with Gasteiger partial charge >= 0.3 is 12.3 Å². The number of alkyl halides is 3. The molecule has 1 aliphatic carbocycles. The SMILES string of the molecule is COc1cnc2nc1C(C)(O)c1ccc(-c3nc(C(F)(F)F)cn3C(O)(O)O)cc1OCCCOc1ncnc(C3CC3)c1-2. The molecule has 0 spiro atoms. The fourth-order valence-corrected chi connectivity index (χ4v) is 5.03. The second kappa shape index (κ2) is 10.7. The highest BCUT2D eigenvalue weighted by Crippen LogP contribution is 2.46. The average Bonchev–Trinajstić information content (AvgIpc) is 3.70. The van der Waals surface area contributed by atoms with E-state index < -0.39 is 29.4 Å². The Labute approximate surface area is 247 Å². The molecule has 44 heavy (non-hydrogen) atoms. The minimum absolute atomic E-state index is 0.00691. The number of fused-ring (bicyclic) bond motifs is 5. The minimum Gasteiger partial charge on any atom is -0.493 e. The molecule has 232 valence electrons. The molecule has 1 aliphatic heterocycles. The van der Waals surface area contributed by atoms with E-state index in [9.17, 15) is 33.6 Å². The first-order valence-corrected chi connectivity index (χ1v) is 13.5. The predicted molar refractivity (Wildman–Crippen MR) is 143 cm³/mol. The molecular formula is C28H27F3N6O7. The molecule has 13 nitrogen and oxygen atoms in total. The number of ether oxygens (including phenoxy) is 3. The number of imidazole rings is 1. The lowest BCUT2D eigenvalue weighted by molar-refractivity contribution is -0.374. The zero-order valence-corrected chi connectivity index (χ0v) is 23.4. The van der Waals surface area contributed by atoms with Crippen molar-refractivity contribution in [2.24, 2.45) is 0 Å². The maximum Gasteiger partial charge on any atom is 0.434 e. The number of halogens is 3. The van der Waals surface area contributed by atoms with E-state index in [2.05, 4.69) is 24.9 Å². The number of aliphatic hydroxyl groups is 4. The third kappa shape index (κ3) is 5.40. The van der Waals surface area contributed by atoms with Crippen LogP contribution in [0.2, 0.25) is 0 Å². The van der Waals surface area contributed by atoms with E-state index in [0.29, 0.717) is 12.0 Å². The molecule has 0 saturated heterocycles. The first-order chi connectivity index (χ1) is 20.8. The molecule has 3 aromatic heterocycles. The summed E-state index contributed by atoms with van der Waals surface area (Å²) in [4.78, 5) is 21.4. The quantitative estimate of drug-likeness (QED) is 0.247. The fourth-order valence-electron chi connectivity index (χ4n) is 5.03. The van der Waals surface area contributed by atoms with Gasteiger partial charge in [0.2, 0.25) is 5.88 Å².